The highest BCUT2D eigenvalue weighted by Crippen LogP contribution is 2.07. The summed E-state index contributed by atoms with van der Waals surface area (Å²) in [5.74, 6) is 0.105. The maximum absolute atomic E-state index is 11.8. The maximum atomic E-state index is 11.8. The van der Waals surface area contributed by atoms with Crippen LogP contribution < -0.4 is 5.32 Å². The van der Waals surface area contributed by atoms with Crippen LogP contribution in [0, 0.1) is 0 Å². The van der Waals surface area contributed by atoms with Gasteiger partial charge in [-0.3, -0.25) is 4.79 Å². The Hall–Kier alpha value is -2.03. The molecule has 0 bridgehead atoms. The molecule has 0 saturated carbocycles. The van der Waals surface area contributed by atoms with Crippen molar-refractivity contribution < 1.29 is 4.79 Å². The average Bonchev–Trinajstić information content (AvgIpc) is 2.89. The van der Waals surface area contributed by atoms with Gasteiger partial charge in [0.15, 0.2) is 0 Å². The number of carbonyl (C=O) groups excluding carboxylic acids is 1. The highest BCUT2D eigenvalue weighted by atomic mass is 16.1. The Bertz CT molecular complexity index is 555. The van der Waals surface area contributed by atoms with Gasteiger partial charge in [0, 0.05) is 32.4 Å². The van der Waals surface area contributed by atoms with E-state index in [1.165, 1.54) is 11.1 Å². The van der Waals surface area contributed by atoms with Crippen molar-refractivity contribution in [2.24, 2.45) is 7.05 Å². The molecule has 3 heteroatoms. The molecule has 0 unspecified atom stereocenters. The molecule has 20 heavy (non-hydrogen) atoms. The summed E-state index contributed by atoms with van der Waals surface area (Å²) >= 11 is 0. The van der Waals surface area contributed by atoms with Crippen LogP contribution in [0.1, 0.15) is 30.0 Å². The van der Waals surface area contributed by atoms with Crippen LogP contribution in [-0.2, 0) is 31.2 Å². The topological polar surface area (TPSA) is 34.0 Å². The third-order valence-corrected chi connectivity index (χ3v) is 3.45. The molecule has 0 saturated heterocycles. The van der Waals surface area contributed by atoms with E-state index < -0.39 is 0 Å². The summed E-state index contributed by atoms with van der Waals surface area (Å²) in [7, 11) is 1.98. The fourth-order valence-corrected chi connectivity index (χ4v) is 2.15. The predicted molar refractivity (Wildman–Crippen MR) is 81.4 cm³/mol. The SMILES string of the molecule is CCc1ccc(CCC(=O)NCc2ccn(C)c2)cc1. The van der Waals surface area contributed by atoms with Gasteiger partial charge in [-0.2, -0.15) is 0 Å². The summed E-state index contributed by atoms with van der Waals surface area (Å²) in [6.45, 7) is 2.75. The fourth-order valence-electron chi connectivity index (χ4n) is 2.15. The van der Waals surface area contributed by atoms with E-state index in [1.807, 2.05) is 30.1 Å². The zero-order valence-electron chi connectivity index (χ0n) is 12.2. The van der Waals surface area contributed by atoms with Crippen LogP contribution in [0.2, 0.25) is 0 Å². The average molecular weight is 270 g/mol. The number of nitrogens with one attached hydrogen (secondary N) is 1. The van der Waals surface area contributed by atoms with E-state index in [1.54, 1.807) is 0 Å². The number of aromatic nitrogens is 1. The lowest BCUT2D eigenvalue weighted by Crippen LogP contribution is -2.22. The summed E-state index contributed by atoms with van der Waals surface area (Å²) in [6, 6.07) is 10.5. The van der Waals surface area contributed by atoms with Gasteiger partial charge >= 0.3 is 0 Å². The zero-order chi connectivity index (χ0) is 14.4. The summed E-state index contributed by atoms with van der Waals surface area (Å²) in [6.07, 6.45) is 6.39. The maximum Gasteiger partial charge on any atom is 0.220 e. The summed E-state index contributed by atoms with van der Waals surface area (Å²) in [5.41, 5.74) is 3.69. The molecule has 1 aromatic carbocycles. The van der Waals surface area contributed by atoms with Gasteiger partial charge in [0.1, 0.15) is 0 Å². The number of hydrogen-bond acceptors (Lipinski definition) is 1. The molecule has 2 aromatic rings. The number of carbonyl (C=O) groups is 1. The Morgan fingerprint density at radius 3 is 2.40 bits per heavy atom. The Morgan fingerprint density at radius 2 is 1.80 bits per heavy atom. The largest absolute Gasteiger partial charge is 0.357 e. The molecular weight excluding hydrogens is 248 g/mol. The van der Waals surface area contributed by atoms with Gasteiger partial charge in [-0.25, -0.2) is 0 Å². The van der Waals surface area contributed by atoms with Crippen molar-refractivity contribution in [1.82, 2.24) is 9.88 Å². The summed E-state index contributed by atoms with van der Waals surface area (Å²) < 4.78 is 1.98. The second-order valence-electron chi connectivity index (χ2n) is 5.13. The molecule has 0 aliphatic heterocycles. The summed E-state index contributed by atoms with van der Waals surface area (Å²) in [4.78, 5) is 11.8. The molecule has 0 spiro atoms. The van der Waals surface area contributed by atoms with Crippen molar-refractivity contribution in [3.63, 3.8) is 0 Å². The normalized spacial score (nSPS) is 10.5. The van der Waals surface area contributed by atoms with Gasteiger partial charge in [-0.05, 0) is 35.6 Å². The molecule has 3 nitrogen and oxygen atoms in total. The minimum Gasteiger partial charge on any atom is -0.357 e. The van der Waals surface area contributed by atoms with E-state index in [0.717, 1.165) is 18.4 Å². The fraction of sp³-hybridized carbons (Fsp3) is 0.353. The number of hydrogen-bond donors (Lipinski definition) is 1. The van der Waals surface area contributed by atoms with Gasteiger partial charge in [0.05, 0.1) is 0 Å². The van der Waals surface area contributed by atoms with Crippen LogP contribution >= 0.6 is 0 Å². The highest BCUT2D eigenvalue weighted by Gasteiger charge is 2.03. The molecule has 0 aliphatic carbocycles. The molecule has 1 heterocycles. The van der Waals surface area contributed by atoms with Gasteiger partial charge in [-0.15, -0.1) is 0 Å². The molecule has 0 aliphatic rings. The number of nitrogens with zero attached hydrogens (tertiary/aromatic N) is 1. The van der Waals surface area contributed by atoms with Crippen molar-refractivity contribution in [1.29, 1.82) is 0 Å². The first-order valence-corrected chi connectivity index (χ1v) is 7.12. The van der Waals surface area contributed by atoms with Crippen LogP contribution in [0.5, 0.6) is 0 Å². The Balaban J connectivity index is 1.74. The van der Waals surface area contributed by atoms with Gasteiger partial charge in [-0.1, -0.05) is 31.2 Å². The first kappa shape index (κ1) is 14.4. The van der Waals surface area contributed by atoms with Gasteiger partial charge in [0.25, 0.3) is 0 Å². The van der Waals surface area contributed by atoms with Crippen LogP contribution in [0.4, 0.5) is 0 Å². The minimum absolute atomic E-state index is 0.105. The van der Waals surface area contributed by atoms with Crippen LogP contribution in [0.3, 0.4) is 0 Å². The van der Waals surface area contributed by atoms with Crippen LogP contribution in [-0.4, -0.2) is 10.5 Å². The van der Waals surface area contributed by atoms with Crippen molar-refractivity contribution in [3.8, 4) is 0 Å². The third-order valence-electron chi connectivity index (χ3n) is 3.45. The van der Waals surface area contributed by atoms with Crippen molar-refractivity contribution in [2.75, 3.05) is 0 Å². The Labute approximate surface area is 120 Å². The van der Waals surface area contributed by atoms with Crippen LogP contribution in [0.15, 0.2) is 42.7 Å². The van der Waals surface area contributed by atoms with Crippen molar-refractivity contribution in [3.05, 3.63) is 59.4 Å². The van der Waals surface area contributed by atoms with E-state index in [0.29, 0.717) is 13.0 Å². The molecule has 1 N–H and O–H groups in total. The lowest BCUT2D eigenvalue weighted by molar-refractivity contribution is -0.121. The molecule has 106 valence electrons. The first-order chi connectivity index (χ1) is 9.67. The zero-order valence-corrected chi connectivity index (χ0v) is 12.2. The Morgan fingerprint density at radius 1 is 1.10 bits per heavy atom. The van der Waals surface area contributed by atoms with Crippen molar-refractivity contribution >= 4 is 5.91 Å². The van der Waals surface area contributed by atoms with Crippen molar-refractivity contribution in [2.45, 2.75) is 32.7 Å². The second-order valence-corrected chi connectivity index (χ2v) is 5.13. The first-order valence-electron chi connectivity index (χ1n) is 7.12. The molecule has 0 radical (unpaired) electrons. The Kier molecular flexibility index (Phi) is 4.99. The molecule has 2 rings (SSSR count). The van der Waals surface area contributed by atoms with E-state index in [2.05, 4.69) is 36.5 Å². The molecule has 1 amide bonds. The number of rotatable bonds is 6. The second kappa shape index (κ2) is 6.94. The lowest BCUT2D eigenvalue weighted by Gasteiger charge is -2.05. The van der Waals surface area contributed by atoms with E-state index >= 15 is 0 Å². The monoisotopic (exact) mass is 270 g/mol. The lowest BCUT2D eigenvalue weighted by atomic mass is 10.1. The molecule has 1 aromatic heterocycles. The highest BCUT2D eigenvalue weighted by molar-refractivity contribution is 5.76. The van der Waals surface area contributed by atoms with Crippen LogP contribution in [0.25, 0.3) is 0 Å². The number of aryl methyl sites for hydroxylation is 3. The summed E-state index contributed by atoms with van der Waals surface area (Å²) in [5, 5.41) is 2.95. The molecule has 0 fully saturated rings. The van der Waals surface area contributed by atoms with E-state index in [4.69, 9.17) is 0 Å². The standard InChI is InChI=1S/C17H22N2O/c1-3-14-4-6-15(7-5-14)8-9-17(20)18-12-16-10-11-19(2)13-16/h4-7,10-11,13H,3,8-9,12H2,1-2H3,(H,18,20). The van der Waals surface area contributed by atoms with E-state index in [9.17, 15) is 4.79 Å². The predicted octanol–water partition coefficient (Wildman–Crippen LogP) is 2.84. The third kappa shape index (κ3) is 4.26. The number of amides is 1. The van der Waals surface area contributed by atoms with Gasteiger partial charge < -0.3 is 9.88 Å². The molecular formula is C17H22N2O. The molecule has 0 atom stereocenters. The minimum atomic E-state index is 0.105. The van der Waals surface area contributed by atoms with Gasteiger partial charge in [0.2, 0.25) is 5.91 Å². The van der Waals surface area contributed by atoms with E-state index in [-0.39, 0.29) is 5.91 Å². The number of benzene rings is 1. The smallest absolute Gasteiger partial charge is 0.220 e. The quantitative estimate of drug-likeness (QED) is 0.860.